The van der Waals surface area contributed by atoms with E-state index < -0.39 is 0 Å². The van der Waals surface area contributed by atoms with E-state index in [1.165, 1.54) is 6.07 Å². The molecule has 1 aliphatic heterocycles. The Kier molecular flexibility index (Phi) is 1.97. The molecule has 0 atom stereocenters. The number of benzene rings is 1. The number of nitrogens with one attached hydrogen (secondary N) is 1. The van der Waals surface area contributed by atoms with Gasteiger partial charge in [0.05, 0.1) is 5.56 Å². The maximum absolute atomic E-state index is 11.7. The molecule has 0 bridgehead atoms. The van der Waals surface area contributed by atoms with E-state index in [4.69, 9.17) is 4.42 Å². The fraction of sp³-hybridized carbons (Fsp3) is 0.250. The van der Waals surface area contributed by atoms with Crippen LogP contribution in [-0.2, 0) is 13.0 Å². The minimum atomic E-state index is -0.305. The Bertz CT molecular complexity index is 615. The van der Waals surface area contributed by atoms with Gasteiger partial charge >= 0.3 is 5.63 Å². The number of hydrogen-bond acceptors (Lipinski definition) is 4. The predicted octanol–water partition coefficient (Wildman–Crippen LogP) is 1.14. The van der Waals surface area contributed by atoms with Crippen LogP contribution in [0, 0.1) is 0 Å². The first-order valence-electron chi connectivity index (χ1n) is 5.24. The van der Waals surface area contributed by atoms with Crippen LogP contribution < -0.4 is 10.9 Å². The zero-order valence-corrected chi connectivity index (χ0v) is 8.62. The highest BCUT2D eigenvalue weighted by Crippen LogP contribution is 2.25. The molecule has 3 rings (SSSR count). The van der Waals surface area contributed by atoms with Crippen LogP contribution in [0.2, 0.25) is 0 Å². The lowest BCUT2D eigenvalue weighted by Gasteiger charge is -2.17. The largest absolute Gasteiger partial charge is 0.508 e. The summed E-state index contributed by atoms with van der Waals surface area (Å²) >= 11 is 0. The molecule has 82 valence electrons. The minimum absolute atomic E-state index is 0.115. The van der Waals surface area contributed by atoms with Crippen LogP contribution in [0.3, 0.4) is 0 Å². The standard InChI is InChI=1S/C12H11NO3/c14-7-1-2-9-8-3-4-13-6-10(8)12(15)16-11(9)5-7/h1-2,5,13-14H,3-4,6H2. The average molecular weight is 217 g/mol. The van der Waals surface area contributed by atoms with Crippen molar-refractivity contribution in [2.24, 2.45) is 0 Å². The zero-order valence-electron chi connectivity index (χ0n) is 8.62. The third-order valence-electron chi connectivity index (χ3n) is 2.96. The van der Waals surface area contributed by atoms with Crippen LogP contribution in [0.25, 0.3) is 11.0 Å². The maximum Gasteiger partial charge on any atom is 0.341 e. The summed E-state index contributed by atoms with van der Waals surface area (Å²) in [6.07, 6.45) is 0.822. The molecular formula is C12H11NO3. The Hall–Kier alpha value is -1.81. The summed E-state index contributed by atoms with van der Waals surface area (Å²) < 4.78 is 5.19. The van der Waals surface area contributed by atoms with Crippen LogP contribution in [0.4, 0.5) is 0 Å². The Morgan fingerprint density at radius 3 is 3.06 bits per heavy atom. The molecule has 2 aromatic rings. The zero-order chi connectivity index (χ0) is 11.1. The van der Waals surface area contributed by atoms with Gasteiger partial charge in [-0.2, -0.15) is 0 Å². The second-order valence-electron chi connectivity index (χ2n) is 3.95. The molecule has 1 aromatic carbocycles. The highest BCUT2D eigenvalue weighted by Gasteiger charge is 2.17. The van der Waals surface area contributed by atoms with Gasteiger partial charge in [0.1, 0.15) is 11.3 Å². The second-order valence-corrected chi connectivity index (χ2v) is 3.95. The highest BCUT2D eigenvalue weighted by molar-refractivity contribution is 5.82. The summed E-state index contributed by atoms with van der Waals surface area (Å²) in [6.45, 7) is 1.43. The topological polar surface area (TPSA) is 62.5 Å². The first kappa shape index (κ1) is 9.42. The van der Waals surface area contributed by atoms with Crippen molar-refractivity contribution in [1.29, 1.82) is 0 Å². The number of phenols is 1. The Labute approximate surface area is 91.5 Å². The summed E-state index contributed by atoms with van der Waals surface area (Å²) in [5, 5.41) is 13.4. The molecule has 0 fully saturated rings. The molecule has 0 unspecified atom stereocenters. The van der Waals surface area contributed by atoms with E-state index in [9.17, 15) is 9.90 Å². The van der Waals surface area contributed by atoms with Gasteiger partial charge in [0.25, 0.3) is 0 Å². The molecule has 0 amide bonds. The molecule has 0 saturated heterocycles. The molecule has 1 aromatic heterocycles. The fourth-order valence-electron chi connectivity index (χ4n) is 2.18. The lowest BCUT2D eigenvalue weighted by molar-refractivity contribution is 0.472. The monoisotopic (exact) mass is 217 g/mol. The molecule has 4 nitrogen and oxygen atoms in total. The molecule has 2 heterocycles. The summed E-state index contributed by atoms with van der Waals surface area (Å²) in [7, 11) is 0. The molecule has 0 saturated carbocycles. The van der Waals surface area contributed by atoms with Crippen LogP contribution in [0.1, 0.15) is 11.1 Å². The van der Waals surface area contributed by atoms with Crippen LogP contribution >= 0.6 is 0 Å². The van der Waals surface area contributed by atoms with Crippen molar-refractivity contribution in [1.82, 2.24) is 5.32 Å². The Balaban J connectivity index is 2.42. The number of fused-ring (bicyclic) bond motifs is 3. The van der Waals surface area contributed by atoms with E-state index in [1.807, 2.05) is 0 Å². The first-order chi connectivity index (χ1) is 7.75. The number of phenolic OH excluding ortho intramolecular Hbond substituents is 1. The van der Waals surface area contributed by atoms with E-state index in [2.05, 4.69) is 5.32 Å². The van der Waals surface area contributed by atoms with Gasteiger partial charge in [-0.05, 0) is 30.7 Å². The lowest BCUT2D eigenvalue weighted by Crippen LogP contribution is -2.28. The molecule has 4 heteroatoms. The Morgan fingerprint density at radius 1 is 1.31 bits per heavy atom. The van der Waals surface area contributed by atoms with Crippen molar-refractivity contribution in [2.75, 3.05) is 6.54 Å². The summed E-state index contributed by atoms with van der Waals surface area (Å²) in [5.74, 6) is 0.115. The number of hydrogen-bond donors (Lipinski definition) is 2. The SMILES string of the molecule is O=c1oc2cc(O)ccc2c2c1CNCC2. The Morgan fingerprint density at radius 2 is 2.19 bits per heavy atom. The van der Waals surface area contributed by atoms with Gasteiger partial charge in [-0.3, -0.25) is 0 Å². The van der Waals surface area contributed by atoms with Crippen LogP contribution in [0.15, 0.2) is 27.4 Å². The van der Waals surface area contributed by atoms with Crippen molar-refractivity contribution in [3.05, 3.63) is 39.7 Å². The van der Waals surface area contributed by atoms with E-state index >= 15 is 0 Å². The third-order valence-corrected chi connectivity index (χ3v) is 2.96. The molecule has 0 radical (unpaired) electrons. The molecule has 2 N–H and O–H groups in total. The van der Waals surface area contributed by atoms with Gasteiger partial charge in [0, 0.05) is 18.0 Å². The van der Waals surface area contributed by atoms with Gasteiger partial charge in [-0.15, -0.1) is 0 Å². The fourth-order valence-corrected chi connectivity index (χ4v) is 2.18. The normalized spacial score (nSPS) is 15.0. The smallest absolute Gasteiger partial charge is 0.341 e. The molecule has 0 aliphatic carbocycles. The van der Waals surface area contributed by atoms with Crippen LogP contribution in [-0.4, -0.2) is 11.7 Å². The van der Waals surface area contributed by atoms with Gasteiger partial charge in [0.2, 0.25) is 0 Å². The third kappa shape index (κ3) is 1.31. The summed E-state index contributed by atoms with van der Waals surface area (Å²) in [5.41, 5.74) is 1.92. The number of rotatable bonds is 0. The predicted molar refractivity (Wildman–Crippen MR) is 59.6 cm³/mol. The first-order valence-corrected chi connectivity index (χ1v) is 5.24. The van der Waals surface area contributed by atoms with Crippen molar-refractivity contribution in [3.8, 4) is 5.75 Å². The van der Waals surface area contributed by atoms with E-state index in [0.29, 0.717) is 17.7 Å². The molecular weight excluding hydrogens is 206 g/mol. The summed E-state index contributed by atoms with van der Waals surface area (Å²) in [4.78, 5) is 11.7. The van der Waals surface area contributed by atoms with Crippen molar-refractivity contribution in [2.45, 2.75) is 13.0 Å². The van der Waals surface area contributed by atoms with Crippen molar-refractivity contribution in [3.63, 3.8) is 0 Å². The highest BCUT2D eigenvalue weighted by atomic mass is 16.4. The van der Waals surface area contributed by atoms with Crippen molar-refractivity contribution < 1.29 is 9.52 Å². The van der Waals surface area contributed by atoms with E-state index in [1.54, 1.807) is 12.1 Å². The number of aromatic hydroxyl groups is 1. The quantitative estimate of drug-likeness (QED) is 0.650. The lowest BCUT2D eigenvalue weighted by atomic mass is 9.99. The van der Waals surface area contributed by atoms with Crippen molar-refractivity contribution >= 4 is 11.0 Å². The van der Waals surface area contributed by atoms with Crippen LogP contribution in [0.5, 0.6) is 5.75 Å². The molecule has 1 aliphatic rings. The van der Waals surface area contributed by atoms with Gasteiger partial charge in [-0.25, -0.2) is 4.79 Å². The second kappa shape index (κ2) is 3.35. The van der Waals surface area contributed by atoms with E-state index in [0.717, 1.165) is 23.9 Å². The van der Waals surface area contributed by atoms with Gasteiger partial charge in [-0.1, -0.05) is 0 Å². The summed E-state index contributed by atoms with van der Waals surface area (Å²) in [6, 6.07) is 4.90. The maximum atomic E-state index is 11.7. The molecule has 16 heavy (non-hydrogen) atoms. The van der Waals surface area contributed by atoms with Gasteiger partial charge in [0.15, 0.2) is 0 Å². The average Bonchev–Trinajstić information content (AvgIpc) is 2.29. The molecule has 0 spiro atoms. The van der Waals surface area contributed by atoms with Gasteiger partial charge < -0.3 is 14.8 Å². The minimum Gasteiger partial charge on any atom is -0.508 e. The van der Waals surface area contributed by atoms with E-state index in [-0.39, 0.29) is 11.4 Å².